The largest absolute Gasteiger partial charge is 0.396 e. The molecule has 3 heterocycles. The lowest BCUT2D eigenvalue weighted by Crippen LogP contribution is -2.62. The van der Waals surface area contributed by atoms with Crippen molar-refractivity contribution in [1.29, 1.82) is 0 Å². The molecule has 3 aromatic rings. The molecule has 1 spiro atoms. The van der Waals surface area contributed by atoms with E-state index in [2.05, 4.69) is 10.2 Å². The Bertz CT molecular complexity index is 1580. The molecule has 0 bridgehead atoms. The lowest BCUT2D eigenvalue weighted by molar-refractivity contribution is -0.129. The van der Waals surface area contributed by atoms with Crippen molar-refractivity contribution >= 4 is 52.1 Å². The summed E-state index contributed by atoms with van der Waals surface area (Å²) in [6.45, 7) is 0.828. The second kappa shape index (κ2) is 9.16. The van der Waals surface area contributed by atoms with Gasteiger partial charge in [-0.15, -0.1) is 0 Å². The molecule has 1 aliphatic carbocycles. The van der Waals surface area contributed by atoms with Gasteiger partial charge in [0, 0.05) is 47.9 Å². The molecule has 4 atom stereocenters. The number of amides is 2. The third-order valence-electron chi connectivity index (χ3n) is 9.06. The van der Waals surface area contributed by atoms with E-state index in [4.69, 9.17) is 28.9 Å². The van der Waals surface area contributed by atoms with Crippen LogP contribution in [-0.2, 0) is 16.0 Å². The summed E-state index contributed by atoms with van der Waals surface area (Å²) < 4.78 is 30.3. The van der Waals surface area contributed by atoms with Gasteiger partial charge >= 0.3 is 0 Å². The van der Waals surface area contributed by atoms with E-state index in [0.717, 1.165) is 18.4 Å². The number of hydrogen-bond acceptors (Lipinski definition) is 4. The smallest absolute Gasteiger partial charge is 0.245 e. The van der Waals surface area contributed by atoms with E-state index in [-0.39, 0.29) is 41.1 Å². The summed E-state index contributed by atoms with van der Waals surface area (Å²) in [5.74, 6) is -3.06. The lowest BCUT2D eigenvalue weighted by atomic mass is 9.69. The van der Waals surface area contributed by atoms with Crippen LogP contribution in [0.3, 0.4) is 0 Å². The SMILES string of the molecule is Nc1ccc(N2C[C@H]3[C@@H](C2=O)[C@H](c2cccc(Cl)c2F)[C@@]2(Cc4ccc(Cl)cc4NC2=O)N3CC2CC2)cc1F. The van der Waals surface area contributed by atoms with Crippen molar-refractivity contribution in [3.05, 3.63) is 87.4 Å². The summed E-state index contributed by atoms with van der Waals surface area (Å²) in [4.78, 5) is 32.3. The summed E-state index contributed by atoms with van der Waals surface area (Å²) in [7, 11) is 0. The summed E-state index contributed by atoms with van der Waals surface area (Å²) in [6.07, 6.45) is 2.33. The van der Waals surface area contributed by atoms with E-state index in [1.807, 2.05) is 6.07 Å². The summed E-state index contributed by atoms with van der Waals surface area (Å²) in [5.41, 5.74) is 6.52. The van der Waals surface area contributed by atoms with Crippen molar-refractivity contribution in [3.8, 4) is 0 Å². The number of hydrogen-bond donors (Lipinski definition) is 2. The van der Waals surface area contributed by atoms with Gasteiger partial charge in [0.25, 0.3) is 0 Å². The molecule has 3 fully saturated rings. The number of anilines is 3. The van der Waals surface area contributed by atoms with Crippen LogP contribution >= 0.6 is 23.2 Å². The molecule has 6 nitrogen and oxygen atoms in total. The standard InChI is InChI=1S/C30H26Cl2F2N4O2/c31-17-7-6-16-12-30(29(40)36-23(16)10-17)26(19-2-1-3-20(32)27(19)34)25-24(38(30)13-15-4-5-15)14-37(28(25)39)18-8-9-22(35)21(33)11-18/h1-3,6-11,15,24-26H,4-5,12-14,35H2,(H,36,40)/t24-,25+,26-,30+/m0/s1. The minimum Gasteiger partial charge on any atom is -0.396 e. The van der Waals surface area contributed by atoms with Crippen molar-refractivity contribution in [2.45, 2.75) is 36.8 Å². The van der Waals surface area contributed by atoms with Crippen LogP contribution in [0.15, 0.2) is 54.6 Å². The van der Waals surface area contributed by atoms with E-state index in [0.29, 0.717) is 28.9 Å². The fourth-order valence-corrected chi connectivity index (χ4v) is 7.43. The third kappa shape index (κ3) is 3.76. The first kappa shape index (κ1) is 25.7. The highest BCUT2D eigenvalue weighted by Crippen LogP contribution is 2.58. The number of rotatable bonds is 4. The van der Waals surface area contributed by atoms with Gasteiger partial charge in [-0.25, -0.2) is 8.78 Å². The van der Waals surface area contributed by atoms with Gasteiger partial charge in [-0.3, -0.25) is 14.5 Å². The minimum atomic E-state index is -1.24. The van der Waals surface area contributed by atoms with Crippen LogP contribution in [0.1, 0.15) is 29.9 Å². The number of nitrogens with two attached hydrogens (primary N) is 1. The maximum atomic E-state index is 15.9. The highest BCUT2D eigenvalue weighted by molar-refractivity contribution is 6.31. The molecule has 0 radical (unpaired) electrons. The zero-order valence-electron chi connectivity index (χ0n) is 21.3. The number of nitrogens with one attached hydrogen (secondary N) is 1. The Labute approximate surface area is 240 Å². The number of halogens is 4. The number of carbonyl (C=O) groups is 2. The van der Waals surface area contributed by atoms with Gasteiger partial charge in [0.05, 0.1) is 16.6 Å². The van der Waals surface area contributed by atoms with Crippen LogP contribution in [0.25, 0.3) is 0 Å². The van der Waals surface area contributed by atoms with Gasteiger partial charge in [-0.1, -0.05) is 41.4 Å². The second-order valence-electron chi connectivity index (χ2n) is 11.3. The molecule has 7 rings (SSSR count). The second-order valence-corrected chi connectivity index (χ2v) is 12.2. The number of nitrogens with zero attached hydrogens (tertiary/aromatic N) is 2. The Morgan fingerprint density at radius 1 is 1.05 bits per heavy atom. The van der Waals surface area contributed by atoms with Gasteiger partial charge in [0.1, 0.15) is 17.2 Å². The highest BCUT2D eigenvalue weighted by atomic mass is 35.5. The van der Waals surface area contributed by atoms with Crippen molar-refractivity contribution in [2.75, 3.05) is 29.0 Å². The number of nitrogen functional groups attached to an aromatic ring is 1. The van der Waals surface area contributed by atoms with Gasteiger partial charge < -0.3 is 16.0 Å². The maximum absolute atomic E-state index is 15.9. The minimum absolute atomic E-state index is 0.0126. The average molecular weight is 583 g/mol. The topological polar surface area (TPSA) is 78.7 Å². The monoisotopic (exact) mass is 582 g/mol. The molecule has 2 saturated heterocycles. The van der Waals surface area contributed by atoms with Crippen molar-refractivity contribution in [2.24, 2.45) is 11.8 Å². The molecule has 4 aliphatic rings. The molecule has 206 valence electrons. The summed E-state index contributed by atoms with van der Waals surface area (Å²) in [6, 6.07) is 14.0. The molecule has 2 amide bonds. The van der Waals surface area contributed by atoms with Crippen molar-refractivity contribution < 1.29 is 18.4 Å². The maximum Gasteiger partial charge on any atom is 0.245 e. The van der Waals surface area contributed by atoms with Gasteiger partial charge in [0.15, 0.2) is 0 Å². The van der Waals surface area contributed by atoms with Crippen LogP contribution in [0.2, 0.25) is 10.0 Å². The lowest BCUT2D eigenvalue weighted by Gasteiger charge is -2.46. The van der Waals surface area contributed by atoms with Crippen molar-refractivity contribution in [1.82, 2.24) is 4.90 Å². The van der Waals surface area contributed by atoms with Crippen LogP contribution in [0.5, 0.6) is 0 Å². The zero-order valence-corrected chi connectivity index (χ0v) is 22.9. The quantitative estimate of drug-likeness (QED) is 0.391. The highest BCUT2D eigenvalue weighted by Gasteiger charge is 2.69. The van der Waals surface area contributed by atoms with Gasteiger partial charge in [-0.05, 0) is 66.3 Å². The average Bonchev–Trinajstić information content (AvgIpc) is 3.63. The van der Waals surface area contributed by atoms with E-state index in [9.17, 15) is 14.0 Å². The Kier molecular flexibility index (Phi) is 5.90. The van der Waals surface area contributed by atoms with Crippen LogP contribution in [0.4, 0.5) is 25.8 Å². The fraction of sp³-hybridized carbons (Fsp3) is 0.333. The molecule has 3 aliphatic heterocycles. The fourth-order valence-electron chi connectivity index (χ4n) is 7.07. The molecule has 3 N–H and O–H groups in total. The molecular formula is C30H26Cl2F2N4O2. The van der Waals surface area contributed by atoms with E-state index >= 15 is 4.39 Å². The van der Waals surface area contributed by atoms with Crippen LogP contribution in [-0.4, -0.2) is 41.4 Å². The first-order valence-corrected chi connectivity index (χ1v) is 14.1. The number of benzene rings is 3. The van der Waals surface area contributed by atoms with E-state index in [1.54, 1.807) is 30.3 Å². The van der Waals surface area contributed by atoms with Gasteiger partial charge in [-0.2, -0.15) is 0 Å². The number of carbonyl (C=O) groups excluding carboxylic acids is 2. The molecule has 1 saturated carbocycles. The molecule has 0 unspecified atom stereocenters. The molecule has 40 heavy (non-hydrogen) atoms. The van der Waals surface area contributed by atoms with Gasteiger partial charge in [0.2, 0.25) is 11.8 Å². The van der Waals surface area contributed by atoms with Crippen LogP contribution < -0.4 is 16.0 Å². The number of fused-ring (bicyclic) bond motifs is 2. The predicted octanol–water partition coefficient (Wildman–Crippen LogP) is 5.63. The zero-order chi connectivity index (χ0) is 27.9. The predicted molar refractivity (Wildman–Crippen MR) is 151 cm³/mol. The summed E-state index contributed by atoms with van der Waals surface area (Å²) >= 11 is 12.5. The molecule has 10 heteroatoms. The molecule has 3 aromatic carbocycles. The van der Waals surface area contributed by atoms with Crippen molar-refractivity contribution in [3.63, 3.8) is 0 Å². The normalized spacial score (nSPS) is 27.7. The first-order valence-electron chi connectivity index (χ1n) is 13.4. The summed E-state index contributed by atoms with van der Waals surface area (Å²) in [5, 5.41) is 3.46. The molecular weight excluding hydrogens is 557 g/mol. The van der Waals surface area contributed by atoms with Crippen LogP contribution in [0, 0.1) is 23.5 Å². The van der Waals surface area contributed by atoms with E-state index < -0.39 is 35.1 Å². The van der Waals surface area contributed by atoms with E-state index in [1.165, 1.54) is 23.1 Å². The Hall–Kier alpha value is -3.20. The molecule has 0 aromatic heterocycles. The Balaban J connectivity index is 1.42. The first-order chi connectivity index (χ1) is 19.2. The Morgan fingerprint density at radius 3 is 2.60 bits per heavy atom. The number of likely N-dealkylation sites (tertiary alicyclic amines) is 1. The Morgan fingerprint density at radius 2 is 1.85 bits per heavy atom. The third-order valence-corrected chi connectivity index (χ3v) is 9.59.